The minimum Gasteiger partial charge on any atom is -0.493 e. The van der Waals surface area contributed by atoms with E-state index in [4.69, 9.17) is 9.47 Å². The number of rotatable bonds is 6. The topological polar surface area (TPSA) is 97.0 Å². The highest BCUT2D eigenvalue weighted by Gasteiger charge is 2.22. The second-order valence-corrected chi connectivity index (χ2v) is 7.14. The van der Waals surface area contributed by atoms with E-state index in [0.717, 1.165) is 6.42 Å². The van der Waals surface area contributed by atoms with E-state index < -0.39 is 11.8 Å². The third kappa shape index (κ3) is 4.89. The van der Waals surface area contributed by atoms with Crippen LogP contribution in [0.25, 0.3) is 0 Å². The van der Waals surface area contributed by atoms with Crippen LogP contribution in [0.4, 0.5) is 5.69 Å². The molecule has 0 aliphatic carbocycles. The predicted octanol–water partition coefficient (Wildman–Crippen LogP) is 2.68. The minimum absolute atomic E-state index is 0.0375. The van der Waals surface area contributed by atoms with Crippen LogP contribution in [-0.2, 0) is 4.79 Å². The van der Waals surface area contributed by atoms with E-state index >= 15 is 0 Å². The Morgan fingerprint density at radius 3 is 2.30 bits per heavy atom. The fourth-order valence-corrected chi connectivity index (χ4v) is 3.15. The van der Waals surface area contributed by atoms with Gasteiger partial charge in [0.2, 0.25) is 5.91 Å². The summed E-state index contributed by atoms with van der Waals surface area (Å²) in [5.41, 5.74) is 6.10. The van der Waals surface area contributed by atoms with Crippen molar-refractivity contribution in [3.63, 3.8) is 0 Å². The summed E-state index contributed by atoms with van der Waals surface area (Å²) in [6.07, 6.45) is 1.27. The zero-order chi connectivity index (χ0) is 21.7. The molecule has 1 aliphatic heterocycles. The van der Waals surface area contributed by atoms with Gasteiger partial charge in [0.05, 0.1) is 13.2 Å². The Hall–Kier alpha value is -3.55. The molecule has 0 spiro atoms. The molecule has 0 aromatic heterocycles. The van der Waals surface area contributed by atoms with Gasteiger partial charge in [0.25, 0.3) is 11.8 Å². The monoisotopic (exact) mass is 411 g/mol. The lowest BCUT2D eigenvalue weighted by Crippen LogP contribution is -2.41. The Balaban J connectivity index is 1.65. The molecule has 3 rings (SSSR count). The normalized spacial score (nSPS) is 13.3. The Morgan fingerprint density at radius 2 is 1.70 bits per heavy atom. The molecule has 2 aromatic rings. The number of nitrogens with zero attached hydrogens (tertiary/aromatic N) is 1. The number of carbonyl (C=O) groups excluding carboxylic acids is 3. The average molecular weight is 411 g/mol. The van der Waals surface area contributed by atoms with Crippen LogP contribution in [0.5, 0.6) is 11.5 Å². The van der Waals surface area contributed by atoms with Crippen LogP contribution in [0.3, 0.4) is 0 Å². The first-order valence-electron chi connectivity index (χ1n) is 9.75. The smallest absolute Gasteiger partial charge is 0.269 e. The van der Waals surface area contributed by atoms with Gasteiger partial charge < -0.3 is 14.4 Å². The largest absolute Gasteiger partial charge is 0.493 e. The summed E-state index contributed by atoms with van der Waals surface area (Å²) in [5.74, 6) is 0.0129. The number of amides is 3. The maximum Gasteiger partial charge on any atom is 0.269 e. The summed E-state index contributed by atoms with van der Waals surface area (Å²) in [7, 11) is 1.49. The Bertz CT molecular complexity index is 958. The van der Waals surface area contributed by atoms with E-state index in [2.05, 4.69) is 10.9 Å². The van der Waals surface area contributed by atoms with Gasteiger partial charge in [-0.25, -0.2) is 0 Å². The van der Waals surface area contributed by atoms with Crippen molar-refractivity contribution in [2.75, 3.05) is 18.6 Å². The molecule has 0 atom stereocenters. The van der Waals surface area contributed by atoms with Crippen LogP contribution in [0.2, 0.25) is 0 Å². The summed E-state index contributed by atoms with van der Waals surface area (Å²) in [4.78, 5) is 38.4. The summed E-state index contributed by atoms with van der Waals surface area (Å²) in [6, 6.07) is 11.5. The molecule has 0 bridgehead atoms. The van der Waals surface area contributed by atoms with E-state index in [1.54, 1.807) is 47.4 Å². The molecule has 158 valence electrons. The predicted molar refractivity (Wildman–Crippen MR) is 112 cm³/mol. The fraction of sp³-hybridized carbons (Fsp3) is 0.318. The Kier molecular flexibility index (Phi) is 6.56. The molecule has 0 radical (unpaired) electrons. The molecule has 2 aromatic carbocycles. The number of hydrogen-bond donors (Lipinski definition) is 2. The van der Waals surface area contributed by atoms with Crippen molar-refractivity contribution in [1.29, 1.82) is 0 Å². The molecule has 0 unspecified atom stereocenters. The van der Waals surface area contributed by atoms with Crippen molar-refractivity contribution in [3.05, 3.63) is 53.6 Å². The molecule has 8 heteroatoms. The third-order valence-corrected chi connectivity index (χ3v) is 4.57. The van der Waals surface area contributed by atoms with Gasteiger partial charge in [-0.2, -0.15) is 0 Å². The maximum atomic E-state index is 12.5. The minimum atomic E-state index is -0.497. The van der Waals surface area contributed by atoms with Crippen LogP contribution in [0.15, 0.2) is 42.5 Å². The average Bonchev–Trinajstić information content (AvgIpc) is 3.17. The van der Waals surface area contributed by atoms with Crippen molar-refractivity contribution in [1.82, 2.24) is 10.9 Å². The van der Waals surface area contributed by atoms with Crippen molar-refractivity contribution >= 4 is 23.4 Å². The van der Waals surface area contributed by atoms with Crippen LogP contribution in [0, 0.1) is 0 Å². The van der Waals surface area contributed by atoms with Gasteiger partial charge in [-0.3, -0.25) is 25.2 Å². The highest BCUT2D eigenvalue weighted by atomic mass is 16.5. The number of nitrogens with one attached hydrogen (secondary N) is 2. The molecule has 0 saturated carbocycles. The molecule has 1 saturated heterocycles. The number of methoxy groups -OCH3 is 1. The molecule has 1 aliphatic rings. The second kappa shape index (κ2) is 9.30. The molecular weight excluding hydrogens is 386 g/mol. The number of benzene rings is 2. The molecule has 1 heterocycles. The highest BCUT2D eigenvalue weighted by Crippen LogP contribution is 2.29. The lowest BCUT2D eigenvalue weighted by atomic mass is 10.1. The number of hydrogen-bond acceptors (Lipinski definition) is 5. The summed E-state index contributed by atoms with van der Waals surface area (Å²) < 4.78 is 10.9. The first-order chi connectivity index (χ1) is 14.4. The number of carbonyl (C=O) groups is 3. The SMILES string of the molecule is COc1cc(C(=O)NNC(=O)c2cccc(N3CCCC3=O)c2)ccc1OC(C)C. The van der Waals surface area contributed by atoms with Gasteiger partial charge in [0, 0.05) is 29.8 Å². The quantitative estimate of drug-likeness (QED) is 0.713. The highest BCUT2D eigenvalue weighted by molar-refractivity contribution is 6.01. The molecule has 30 heavy (non-hydrogen) atoms. The zero-order valence-corrected chi connectivity index (χ0v) is 17.2. The molecule has 8 nitrogen and oxygen atoms in total. The maximum absolute atomic E-state index is 12.5. The van der Waals surface area contributed by atoms with Gasteiger partial charge in [-0.1, -0.05) is 6.07 Å². The summed E-state index contributed by atoms with van der Waals surface area (Å²) in [6.45, 7) is 4.42. The van der Waals surface area contributed by atoms with E-state index in [0.29, 0.717) is 41.3 Å². The van der Waals surface area contributed by atoms with Crippen LogP contribution < -0.4 is 25.2 Å². The van der Waals surface area contributed by atoms with E-state index in [-0.39, 0.29) is 12.0 Å². The van der Waals surface area contributed by atoms with E-state index in [9.17, 15) is 14.4 Å². The molecule has 2 N–H and O–H groups in total. The number of ether oxygens (including phenoxy) is 2. The van der Waals surface area contributed by atoms with Crippen molar-refractivity contribution in [3.8, 4) is 11.5 Å². The second-order valence-electron chi connectivity index (χ2n) is 7.14. The number of anilines is 1. The van der Waals surface area contributed by atoms with Gasteiger partial charge in [-0.05, 0) is 56.7 Å². The zero-order valence-electron chi connectivity index (χ0n) is 17.2. The van der Waals surface area contributed by atoms with Gasteiger partial charge in [-0.15, -0.1) is 0 Å². The van der Waals surface area contributed by atoms with Gasteiger partial charge >= 0.3 is 0 Å². The van der Waals surface area contributed by atoms with Crippen LogP contribution in [0.1, 0.15) is 47.4 Å². The van der Waals surface area contributed by atoms with Gasteiger partial charge in [0.15, 0.2) is 11.5 Å². The first kappa shape index (κ1) is 21.2. The van der Waals surface area contributed by atoms with Crippen molar-refractivity contribution in [2.45, 2.75) is 32.8 Å². The Morgan fingerprint density at radius 1 is 1.00 bits per heavy atom. The summed E-state index contributed by atoms with van der Waals surface area (Å²) in [5, 5.41) is 0. The standard InChI is InChI=1S/C22H25N3O5/c1-14(2)30-18-10-9-16(13-19(18)29-3)22(28)24-23-21(27)15-6-4-7-17(12-15)25-11-5-8-20(25)26/h4,6-7,9-10,12-14H,5,8,11H2,1-3H3,(H,23,27)(H,24,28). The van der Waals surface area contributed by atoms with E-state index in [1.807, 2.05) is 13.8 Å². The first-order valence-corrected chi connectivity index (χ1v) is 9.75. The van der Waals surface area contributed by atoms with Crippen molar-refractivity contribution < 1.29 is 23.9 Å². The lowest BCUT2D eigenvalue weighted by molar-refractivity contribution is -0.117. The van der Waals surface area contributed by atoms with Crippen molar-refractivity contribution in [2.24, 2.45) is 0 Å². The molecule has 1 fully saturated rings. The molecular formula is C22H25N3O5. The van der Waals surface area contributed by atoms with Crippen LogP contribution >= 0.6 is 0 Å². The number of hydrazine groups is 1. The summed E-state index contributed by atoms with van der Waals surface area (Å²) >= 11 is 0. The molecule has 3 amide bonds. The van der Waals surface area contributed by atoms with Crippen LogP contribution in [-0.4, -0.2) is 37.5 Å². The third-order valence-electron chi connectivity index (χ3n) is 4.57. The Labute approximate surface area is 175 Å². The van der Waals surface area contributed by atoms with Gasteiger partial charge in [0.1, 0.15) is 0 Å². The lowest BCUT2D eigenvalue weighted by Gasteiger charge is -2.16. The fourth-order valence-electron chi connectivity index (χ4n) is 3.15. The van der Waals surface area contributed by atoms with E-state index in [1.165, 1.54) is 7.11 Å².